The van der Waals surface area contributed by atoms with Crippen LogP contribution in [0.1, 0.15) is 18.6 Å². The lowest BCUT2D eigenvalue weighted by Gasteiger charge is -2.13. The second-order valence-electron chi connectivity index (χ2n) is 3.13. The van der Waals surface area contributed by atoms with Crippen molar-refractivity contribution in [3.63, 3.8) is 0 Å². The minimum absolute atomic E-state index is 0.00308. The molecule has 0 heterocycles. The Labute approximate surface area is 96.8 Å². The Morgan fingerprint density at radius 2 is 2.12 bits per heavy atom. The molecule has 0 aliphatic carbocycles. The Morgan fingerprint density at radius 3 is 2.65 bits per heavy atom. The Hall–Kier alpha value is -1.69. The number of methoxy groups -OCH3 is 1. The predicted octanol–water partition coefficient (Wildman–Crippen LogP) is 1.57. The van der Waals surface area contributed by atoms with Crippen molar-refractivity contribution in [3.05, 3.63) is 29.3 Å². The van der Waals surface area contributed by atoms with Gasteiger partial charge in [-0.1, -0.05) is 0 Å². The third kappa shape index (κ3) is 2.71. The first kappa shape index (κ1) is 13.4. The molecule has 0 bridgehead atoms. The molecule has 1 N–H and O–H groups in total. The molecule has 94 valence electrons. The predicted molar refractivity (Wildman–Crippen MR) is 54.5 cm³/mol. The molecule has 1 rings (SSSR count). The summed E-state index contributed by atoms with van der Waals surface area (Å²) < 4.78 is 36.1. The standard InChI is InChI=1S/C11H12F2O4/c1-3-17-11(15)10(14)8-6(12)4-5-7(16-2)9(8)13/h4-5,10,14H,3H2,1-2H3. The van der Waals surface area contributed by atoms with Gasteiger partial charge in [0, 0.05) is 0 Å². The molecule has 0 aliphatic rings. The van der Waals surface area contributed by atoms with E-state index in [0.717, 1.165) is 12.1 Å². The molecule has 0 saturated heterocycles. The first-order chi connectivity index (χ1) is 8.02. The average molecular weight is 246 g/mol. The van der Waals surface area contributed by atoms with Crippen molar-refractivity contribution in [1.29, 1.82) is 0 Å². The topological polar surface area (TPSA) is 55.8 Å². The molecule has 0 fully saturated rings. The zero-order valence-corrected chi connectivity index (χ0v) is 9.37. The average Bonchev–Trinajstić information content (AvgIpc) is 2.29. The van der Waals surface area contributed by atoms with E-state index in [9.17, 15) is 18.7 Å². The molecular formula is C11H12F2O4. The number of hydrogen-bond acceptors (Lipinski definition) is 4. The molecule has 1 unspecified atom stereocenters. The van der Waals surface area contributed by atoms with Crippen LogP contribution in [-0.2, 0) is 9.53 Å². The molecule has 0 aliphatic heterocycles. The summed E-state index contributed by atoms with van der Waals surface area (Å²) in [6.45, 7) is 1.52. The van der Waals surface area contributed by atoms with Crippen LogP contribution in [0.5, 0.6) is 5.75 Å². The summed E-state index contributed by atoms with van der Waals surface area (Å²) in [5.74, 6) is -3.53. The lowest BCUT2D eigenvalue weighted by Crippen LogP contribution is -2.18. The first-order valence-corrected chi connectivity index (χ1v) is 4.89. The van der Waals surface area contributed by atoms with Gasteiger partial charge in [0.2, 0.25) is 0 Å². The number of benzene rings is 1. The Balaban J connectivity index is 3.16. The van der Waals surface area contributed by atoms with Gasteiger partial charge in [-0.05, 0) is 19.1 Å². The monoisotopic (exact) mass is 246 g/mol. The number of esters is 1. The van der Waals surface area contributed by atoms with Crippen molar-refractivity contribution < 1.29 is 28.2 Å². The van der Waals surface area contributed by atoms with E-state index in [2.05, 4.69) is 9.47 Å². The number of aliphatic hydroxyl groups excluding tert-OH is 1. The van der Waals surface area contributed by atoms with Crippen molar-refractivity contribution >= 4 is 5.97 Å². The highest BCUT2D eigenvalue weighted by Crippen LogP contribution is 2.28. The third-order valence-corrected chi connectivity index (χ3v) is 2.09. The van der Waals surface area contributed by atoms with Crippen LogP contribution < -0.4 is 4.74 Å². The lowest BCUT2D eigenvalue weighted by molar-refractivity contribution is -0.153. The third-order valence-electron chi connectivity index (χ3n) is 2.09. The maximum absolute atomic E-state index is 13.7. The zero-order chi connectivity index (χ0) is 13.0. The fraction of sp³-hybridized carbons (Fsp3) is 0.364. The Morgan fingerprint density at radius 1 is 1.47 bits per heavy atom. The molecule has 17 heavy (non-hydrogen) atoms. The van der Waals surface area contributed by atoms with Crippen molar-refractivity contribution in [2.24, 2.45) is 0 Å². The van der Waals surface area contributed by atoms with Crippen LogP contribution in [0, 0.1) is 11.6 Å². The second-order valence-corrected chi connectivity index (χ2v) is 3.13. The summed E-state index contributed by atoms with van der Waals surface area (Å²) in [6, 6.07) is 1.96. The minimum atomic E-state index is -2.01. The SMILES string of the molecule is CCOC(=O)C(O)c1c(F)ccc(OC)c1F. The van der Waals surface area contributed by atoms with Crippen LogP contribution in [0.15, 0.2) is 12.1 Å². The van der Waals surface area contributed by atoms with E-state index in [1.807, 2.05) is 0 Å². The number of hydrogen-bond donors (Lipinski definition) is 1. The molecule has 4 nitrogen and oxygen atoms in total. The molecule has 0 amide bonds. The molecule has 1 atom stereocenters. The highest BCUT2D eigenvalue weighted by atomic mass is 19.1. The number of rotatable bonds is 4. The molecule has 0 spiro atoms. The number of halogens is 2. The summed E-state index contributed by atoms with van der Waals surface area (Å²) >= 11 is 0. The van der Waals surface area contributed by atoms with Crippen LogP contribution in [0.25, 0.3) is 0 Å². The summed E-state index contributed by atoms with van der Waals surface area (Å²) in [6.07, 6.45) is -2.01. The van der Waals surface area contributed by atoms with Gasteiger partial charge in [0.25, 0.3) is 0 Å². The lowest BCUT2D eigenvalue weighted by atomic mass is 10.1. The van der Waals surface area contributed by atoms with Crippen molar-refractivity contribution in [3.8, 4) is 5.75 Å². The van der Waals surface area contributed by atoms with Crippen LogP contribution in [0.2, 0.25) is 0 Å². The summed E-state index contributed by atoms with van der Waals surface area (Å²) in [7, 11) is 1.19. The van der Waals surface area contributed by atoms with Crippen LogP contribution in [0.4, 0.5) is 8.78 Å². The van der Waals surface area contributed by atoms with E-state index in [-0.39, 0.29) is 12.4 Å². The Bertz CT molecular complexity index is 420. The van der Waals surface area contributed by atoms with Gasteiger partial charge in [0.15, 0.2) is 17.7 Å². The second kappa shape index (κ2) is 5.58. The number of carbonyl (C=O) groups is 1. The molecule has 6 heteroatoms. The summed E-state index contributed by atoms with van der Waals surface area (Å²) in [5.41, 5.74) is -0.775. The van der Waals surface area contributed by atoms with Gasteiger partial charge in [-0.15, -0.1) is 0 Å². The number of ether oxygens (including phenoxy) is 2. The fourth-order valence-corrected chi connectivity index (χ4v) is 1.30. The van der Waals surface area contributed by atoms with Gasteiger partial charge in [-0.3, -0.25) is 0 Å². The minimum Gasteiger partial charge on any atom is -0.494 e. The van der Waals surface area contributed by atoms with E-state index >= 15 is 0 Å². The zero-order valence-electron chi connectivity index (χ0n) is 9.37. The molecule has 0 aromatic heterocycles. The molecule has 0 saturated carbocycles. The quantitative estimate of drug-likeness (QED) is 0.819. The van der Waals surface area contributed by atoms with E-state index in [0.29, 0.717) is 0 Å². The van der Waals surface area contributed by atoms with E-state index in [1.54, 1.807) is 0 Å². The van der Waals surface area contributed by atoms with E-state index < -0.39 is 29.3 Å². The fourth-order valence-electron chi connectivity index (χ4n) is 1.30. The van der Waals surface area contributed by atoms with E-state index in [4.69, 9.17) is 0 Å². The maximum atomic E-state index is 13.7. The van der Waals surface area contributed by atoms with Gasteiger partial charge >= 0.3 is 5.97 Å². The number of aliphatic hydroxyl groups is 1. The normalized spacial score (nSPS) is 12.1. The molecular weight excluding hydrogens is 234 g/mol. The molecule has 1 aromatic carbocycles. The number of carbonyl (C=O) groups excluding carboxylic acids is 1. The van der Waals surface area contributed by atoms with Gasteiger partial charge in [-0.25, -0.2) is 13.6 Å². The largest absolute Gasteiger partial charge is 0.494 e. The van der Waals surface area contributed by atoms with Crippen molar-refractivity contribution in [2.45, 2.75) is 13.0 Å². The van der Waals surface area contributed by atoms with Gasteiger partial charge in [-0.2, -0.15) is 0 Å². The van der Waals surface area contributed by atoms with Crippen LogP contribution in [0.3, 0.4) is 0 Å². The van der Waals surface area contributed by atoms with Crippen molar-refractivity contribution in [2.75, 3.05) is 13.7 Å². The van der Waals surface area contributed by atoms with Gasteiger partial charge in [0.05, 0.1) is 19.3 Å². The summed E-state index contributed by atoms with van der Waals surface area (Å²) in [5, 5.41) is 9.49. The van der Waals surface area contributed by atoms with E-state index in [1.165, 1.54) is 14.0 Å². The highest BCUT2D eigenvalue weighted by molar-refractivity contribution is 5.76. The maximum Gasteiger partial charge on any atom is 0.339 e. The molecule has 1 aromatic rings. The first-order valence-electron chi connectivity index (χ1n) is 4.89. The van der Waals surface area contributed by atoms with Gasteiger partial charge < -0.3 is 14.6 Å². The Kier molecular flexibility index (Phi) is 4.39. The van der Waals surface area contributed by atoms with Crippen molar-refractivity contribution in [1.82, 2.24) is 0 Å². The smallest absolute Gasteiger partial charge is 0.339 e. The summed E-state index contributed by atoms with van der Waals surface area (Å²) in [4.78, 5) is 11.2. The highest BCUT2D eigenvalue weighted by Gasteiger charge is 2.27. The van der Waals surface area contributed by atoms with Crippen LogP contribution in [-0.4, -0.2) is 24.8 Å². The van der Waals surface area contributed by atoms with Crippen LogP contribution >= 0.6 is 0 Å². The van der Waals surface area contributed by atoms with Gasteiger partial charge in [0.1, 0.15) is 5.82 Å². The molecule has 0 radical (unpaired) electrons.